The van der Waals surface area contributed by atoms with Crippen molar-refractivity contribution in [3.8, 4) is 0 Å². The third-order valence-corrected chi connectivity index (χ3v) is 4.71. The number of benzene rings is 1. The summed E-state index contributed by atoms with van der Waals surface area (Å²) in [6.07, 6.45) is -0.119. The molecule has 1 aliphatic rings. The molecular weight excluding hydrogens is 347 g/mol. The second-order valence-electron chi connectivity index (χ2n) is 4.87. The Hall–Kier alpha value is -1.34. The molecule has 1 aromatic carbocycles. The van der Waals surface area contributed by atoms with Crippen molar-refractivity contribution >= 4 is 45.9 Å². The van der Waals surface area contributed by atoms with Gasteiger partial charge < -0.3 is 9.64 Å². The number of thiophene rings is 1. The molecule has 0 amide bonds. The van der Waals surface area contributed by atoms with E-state index < -0.39 is 4.92 Å². The molecule has 3 rings (SSSR count). The Labute approximate surface area is 141 Å². The maximum absolute atomic E-state index is 11.3. The summed E-state index contributed by atoms with van der Waals surface area (Å²) >= 11 is 13.7. The number of hydrogen-bond acceptors (Lipinski definition) is 5. The maximum atomic E-state index is 11.3. The Bertz CT molecular complexity index is 694. The summed E-state index contributed by atoms with van der Waals surface area (Å²) in [7, 11) is 0. The first-order valence-electron chi connectivity index (χ1n) is 6.58. The van der Waals surface area contributed by atoms with Gasteiger partial charge in [-0.2, -0.15) is 11.3 Å². The topological polar surface area (TPSA) is 55.6 Å². The maximum Gasteiger partial charge on any atom is 0.295 e. The predicted octanol–water partition coefficient (Wildman–Crippen LogP) is 4.54. The molecule has 1 saturated heterocycles. The molecule has 0 radical (unpaired) electrons. The Balaban J connectivity index is 1.95. The number of hydrogen-bond donors (Lipinski definition) is 0. The lowest BCUT2D eigenvalue weighted by Crippen LogP contribution is -2.38. The lowest BCUT2D eigenvalue weighted by Gasteiger charge is -2.34. The van der Waals surface area contributed by atoms with Crippen LogP contribution in [-0.2, 0) is 4.74 Å². The highest BCUT2D eigenvalue weighted by atomic mass is 35.5. The minimum Gasteiger partial charge on any atom is -0.370 e. The van der Waals surface area contributed by atoms with Crippen LogP contribution in [0.25, 0.3) is 0 Å². The number of rotatable bonds is 3. The van der Waals surface area contributed by atoms with Gasteiger partial charge in [0.05, 0.1) is 16.6 Å². The summed E-state index contributed by atoms with van der Waals surface area (Å²) in [4.78, 5) is 12.7. The highest BCUT2D eigenvalue weighted by Gasteiger charge is 2.29. The Morgan fingerprint density at radius 1 is 1.41 bits per heavy atom. The fraction of sp³-hybridized carbons (Fsp3) is 0.286. The number of halogens is 2. The summed E-state index contributed by atoms with van der Waals surface area (Å²) in [5.41, 5.74) is 1.39. The van der Waals surface area contributed by atoms with E-state index in [0.29, 0.717) is 25.4 Å². The second kappa shape index (κ2) is 6.42. The first-order valence-corrected chi connectivity index (χ1v) is 8.28. The van der Waals surface area contributed by atoms with E-state index in [0.717, 1.165) is 5.56 Å². The zero-order chi connectivity index (χ0) is 15.7. The Morgan fingerprint density at radius 3 is 2.91 bits per heavy atom. The molecule has 116 valence electrons. The molecule has 0 N–H and O–H groups in total. The Morgan fingerprint density at radius 2 is 2.23 bits per heavy atom. The third kappa shape index (κ3) is 3.05. The van der Waals surface area contributed by atoms with Gasteiger partial charge in [0.15, 0.2) is 0 Å². The first-order chi connectivity index (χ1) is 10.6. The van der Waals surface area contributed by atoms with E-state index in [2.05, 4.69) is 0 Å². The van der Waals surface area contributed by atoms with Crippen molar-refractivity contribution in [3.63, 3.8) is 0 Å². The van der Waals surface area contributed by atoms with E-state index in [-0.39, 0.29) is 21.8 Å². The summed E-state index contributed by atoms with van der Waals surface area (Å²) in [6, 6.07) is 4.86. The number of nitrogens with zero attached hydrogens (tertiary/aromatic N) is 2. The molecule has 0 saturated carbocycles. The van der Waals surface area contributed by atoms with E-state index in [1.165, 1.54) is 12.1 Å². The molecule has 5 nitrogen and oxygen atoms in total. The van der Waals surface area contributed by atoms with Crippen molar-refractivity contribution in [2.45, 2.75) is 6.10 Å². The van der Waals surface area contributed by atoms with Crippen molar-refractivity contribution in [1.82, 2.24) is 0 Å². The molecule has 22 heavy (non-hydrogen) atoms. The van der Waals surface area contributed by atoms with Crippen LogP contribution in [0, 0.1) is 10.1 Å². The molecule has 0 spiro atoms. The van der Waals surface area contributed by atoms with E-state index >= 15 is 0 Å². The smallest absolute Gasteiger partial charge is 0.295 e. The molecule has 2 heterocycles. The summed E-state index contributed by atoms with van der Waals surface area (Å²) < 4.78 is 5.76. The van der Waals surface area contributed by atoms with Gasteiger partial charge in [-0.05, 0) is 28.5 Å². The summed E-state index contributed by atoms with van der Waals surface area (Å²) in [5.74, 6) is 0. The van der Waals surface area contributed by atoms with E-state index in [1.807, 2.05) is 21.7 Å². The van der Waals surface area contributed by atoms with Gasteiger partial charge in [-0.1, -0.05) is 23.2 Å². The average Bonchev–Trinajstić information content (AvgIpc) is 3.00. The van der Waals surface area contributed by atoms with Crippen molar-refractivity contribution in [2.24, 2.45) is 0 Å². The van der Waals surface area contributed by atoms with Crippen molar-refractivity contribution in [3.05, 3.63) is 54.7 Å². The standard InChI is InChI=1S/C14H12Cl2N2O3S/c15-10-5-11(16)14(12(6-10)18(19)20)17-2-3-21-13(7-17)9-1-4-22-8-9/h1,4-6,8,13H,2-3,7H2. The van der Waals surface area contributed by atoms with Gasteiger partial charge in [0.25, 0.3) is 5.69 Å². The molecule has 1 unspecified atom stereocenters. The molecule has 1 fully saturated rings. The lowest BCUT2D eigenvalue weighted by atomic mass is 10.1. The van der Waals surface area contributed by atoms with Gasteiger partial charge >= 0.3 is 0 Å². The number of morpholine rings is 1. The van der Waals surface area contributed by atoms with Gasteiger partial charge in [0, 0.05) is 24.2 Å². The number of ether oxygens (including phenoxy) is 1. The minimum absolute atomic E-state index is 0.0801. The molecule has 1 aliphatic heterocycles. The summed E-state index contributed by atoms with van der Waals surface area (Å²) in [6.45, 7) is 1.54. The highest BCUT2D eigenvalue weighted by molar-refractivity contribution is 7.07. The van der Waals surface area contributed by atoms with Gasteiger partial charge in [-0.25, -0.2) is 0 Å². The van der Waals surface area contributed by atoms with Crippen LogP contribution in [0.2, 0.25) is 10.0 Å². The van der Waals surface area contributed by atoms with E-state index in [4.69, 9.17) is 27.9 Å². The highest BCUT2D eigenvalue weighted by Crippen LogP contribution is 2.40. The monoisotopic (exact) mass is 358 g/mol. The zero-order valence-electron chi connectivity index (χ0n) is 11.4. The number of nitro benzene ring substituents is 1. The van der Waals surface area contributed by atoms with Crippen LogP contribution in [0.1, 0.15) is 11.7 Å². The van der Waals surface area contributed by atoms with Gasteiger partial charge in [-0.15, -0.1) is 0 Å². The minimum atomic E-state index is -0.456. The van der Waals surface area contributed by atoms with Crippen molar-refractivity contribution in [1.29, 1.82) is 0 Å². The van der Waals surface area contributed by atoms with E-state index in [9.17, 15) is 10.1 Å². The molecule has 1 aromatic heterocycles. The van der Waals surface area contributed by atoms with Gasteiger partial charge in [0.1, 0.15) is 11.8 Å². The van der Waals surface area contributed by atoms with Gasteiger partial charge in [0.2, 0.25) is 0 Å². The quantitative estimate of drug-likeness (QED) is 0.596. The first kappa shape index (κ1) is 15.6. The molecule has 8 heteroatoms. The number of anilines is 1. The average molecular weight is 359 g/mol. The molecule has 0 bridgehead atoms. The van der Waals surface area contributed by atoms with Crippen LogP contribution in [0.3, 0.4) is 0 Å². The second-order valence-corrected chi connectivity index (χ2v) is 6.50. The lowest BCUT2D eigenvalue weighted by molar-refractivity contribution is -0.384. The van der Waals surface area contributed by atoms with Crippen LogP contribution in [-0.4, -0.2) is 24.6 Å². The Kier molecular flexibility index (Phi) is 4.54. The van der Waals surface area contributed by atoms with Gasteiger partial charge in [-0.3, -0.25) is 10.1 Å². The molecule has 1 atom stereocenters. The molecule has 2 aromatic rings. The third-order valence-electron chi connectivity index (χ3n) is 3.50. The molecular formula is C14H12Cl2N2O3S. The normalized spacial score (nSPS) is 18.5. The SMILES string of the molecule is O=[N+]([O-])c1cc(Cl)cc(Cl)c1N1CCOC(c2ccsc2)C1. The predicted molar refractivity (Wildman–Crippen MR) is 88.3 cm³/mol. The van der Waals surface area contributed by atoms with Crippen LogP contribution in [0.5, 0.6) is 0 Å². The van der Waals surface area contributed by atoms with Crippen molar-refractivity contribution < 1.29 is 9.66 Å². The van der Waals surface area contributed by atoms with E-state index in [1.54, 1.807) is 11.3 Å². The fourth-order valence-electron chi connectivity index (χ4n) is 2.52. The largest absolute Gasteiger partial charge is 0.370 e. The number of nitro groups is 1. The van der Waals surface area contributed by atoms with Crippen LogP contribution in [0.15, 0.2) is 29.0 Å². The molecule has 0 aliphatic carbocycles. The fourth-order valence-corrected chi connectivity index (χ4v) is 3.82. The van der Waals surface area contributed by atoms with Crippen molar-refractivity contribution in [2.75, 3.05) is 24.6 Å². The zero-order valence-corrected chi connectivity index (χ0v) is 13.7. The van der Waals surface area contributed by atoms with Crippen LogP contribution < -0.4 is 4.90 Å². The summed E-state index contributed by atoms with van der Waals surface area (Å²) in [5, 5.41) is 15.8. The van der Waals surface area contributed by atoms with Crippen LogP contribution >= 0.6 is 34.5 Å². The van der Waals surface area contributed by atoms with Crippen LogP contribution in [0.4, 0.5) is 11.4 Å².